The van der Waals surface area contributed by atoms with E-state index in [9.17, 15) is 4.79 Å². The Labute approximate surface area is 185 Å². The van der Waals surface area contributed by atoms with Gasteiger partial charge < -0.3 is 9.88 Å². The highest BCUT2D eigenvalue weighted by Crippen LogP contribution is 2.27. The van der Waals surface area contributed by atoms with Crippen molar-refractivity contribution in [2.24, 2.45) is 0 Å². The van der Waals surface area contributed by atoms with Crippen LogP contribution in [0.15, 0.2) is 24.3 Å². The Morgan fingerprint density at radius 3 is 2.77 bits per heavy atom. The summed E-state index contributed by atoms with van der Waals surface area (Å²) in [6, 6.07) is 7.58. The summed E-state index contributed by atoms with van der Waals surface area (Å²) < 4.78 is 4.45. The molecule has 1 amide bonds. The molecular weight excluding hydrogens is 420 g/mol. The summed E-state index contributed by atoms with van der Waals surface area (Å²) in [6.07, 6.45) is 5.74. The van der Waals surface area contributed by atoms with E-state index in [1.54, 1.807) is 0 Å². The number of nitrogens with zero attached hydrogens (tertiary/aromatic N) is 4. The van der Waals surface area contributed by atoms with E-state index < -0.39 is 0 Å². The minimum absolute atomic E-state index is 0.141. The lowest BCUT2D eigenvalue weighted by Crippen LogP contribution is -2.28. The molecule has 3 aromatic rings. The summed E-state index contributed by atoms with van der Waals surface area (Å²) in [5, 5.41) is 15.5. The molecule has 0 saturated carbocycles. The number of carbonyl (C=O) groups is 1. The number of fused-ring (bicyclic) bond motifs is 1. The van der Waals surface area contributed by atoms with Gasteiger partial charge in [-0.3, -0.25) is 9.89 Å². The molecule has 4 rings (SSSR count). The summed E-state index contributed by atoms with van der Waals surface area (Å²) in [5.41, 5.74) is 3.65. The topological polar surface area (TPSA) is 80.5 Å². The van der Waals surface area contributed by atoms with E-state index in [1.165, 1.54) is 0 Å². The molecular formula is C21H25ClN6OS. The van der Waals surface area contributed by atoms with Gasteiger partial charge in [0.15, 0.2) is 10.5 Å². The number of nitrogens with one attached hydrogen (secondary N) is 2. The van der Waals surface area contributed by atoms with E-state index in [2.05, 4.69) is 15.5 Å². The van der Waals surface area contributed by atoms with Crippen molar-refractivity contribution in [3.63, 3.8) is 0 Å². The number of hydrogen-bond acceptors (Lipinski definition) is 4. The van der Waals surface area contributed by atoms with Crippen LogP contribution >= 0.6 is 23.8 Å². The number of halogens is 1. The Hall–Kier alpha value is -2.45. The molecule has 158 valence electrons. The molecule has 2 N–H and O–H groups in total. The summed E-state index contributed by atoms with van der Waals surface area (Å²) in [5.74, 6) is 0.700. The van der Waals surface area contributed by atoms with Crippen LogP contribution < -0.4 is 5.32 Å². The van der Waals surface area contributed by atoms with Gasteiger partial charge in [0.05, 0.1) is 5.69 Å². The van der Waals surface area contributed by atoms with E-state index in [1.807, 2.05) is 40.4 Å². The SMILES string of the molecule is CCn1c(CCNC(=O)c2nn(-c3ccc(Cl)cc3)c3c2CCCCC3)n[nH]c1=S. The van der Waals surface area contributed by atoms with Crippen molar-refractivity contribution >= 4 is 29.7 Å². The second kappa shape index (κ2) is 9.14. The van der Waals surface area contributed by atoms with Gasteiger partial charge in [0.1, 0.15) is 5.82 Å². The molecule has 1 aliphatic carbocycles. The maximum Gasteiger partial charge on any atom is 0.272 e. The van der Waals surface area contributed by atoms with Gasteiger partial charge in [-0.2, -0.15) is 10.2 Å². The second-order valence-corrected chi connectivity index (χ2v) is 8.24. The van der Waals surface area contributed by atoms with E-state index in [4.69, 9.17) is 28.9 Å². The zero-order valence-electron chi connectivity index (χ0n) is 16.9. The Balaban J connectivity index is 1.56. The van der Waals surface area contributed by atoms with Gasteiger partial charge in [0.2, 0.25) is 0 Å². The fourth-order valence-electron chi connectivity index (χ4n) is 3.99. The number of hydrogen-bond donors (Lipinski definition) is 2. The molecule has 0 fully saturated rings. The van der Waals surface area contributed by atoms with Crippen molar-refractivity contribution in [3.8, 4) is 5.69 Å². The minimum Gasteiger partial charge on any atom is -0.350 e. The number of benzene rings is 1. The third-order valence-corrected chi connectivity index (χ3v) is 6.07. The predicted molar refractivity (Wildman–Crippen MR) is 119 cm³/mol. The molecule has 0 saturated heterocycles. The number of aromatic amines is 1. The zero-order valence-corrected chi connectivity index (χ0v) is 18.5. The quantitative estimate of drug-likeness (QED) is 0.444. The van der Waals surface area contributed by atoms with Gasteiger partial charge in [-0.15, -0.1) is 0 Å². The van der Waals surface area contributed by atoms with Crippen LogP contribution in [-0.2, 0) is 25.8 Å². The Morgan fingerprint density at radius 2 is 2.00 bits per heavy atom. The molecule has 9 heteroatoms. The standard InChI is InChI=1S/C21H25ClN6OS/c1-2-27-18(24-25-21(27)30)12-13-23-20(29)19-16-6-4-3-5-7-17(16)28(26-19)15-10-8-14(22)9-11-15/h8-11H,2-7,12-13H2,1H3,(H,23,29)(H,25,30). The highest BCUT2D eigenvalue weighted by atomic mass is 35.5. The van der Waals surface area contributed by atoms with Gasteiger partial charge in [-0.25, -0.2) is 4.68 Å². The van der Waals surface area contributed by atoms with Crippen LogP contribution in [0, 0.1) is 4.77 Å². The first-order valence-corrected chi connectivity index (χ1v) is 11.2. The average Bonchev–Trinajstić information content (AvgIpc) is 3.18. The third kappa shape index (κ3) is 4.20. The number of amides is 1. The van der Waals surface area contributed by atoms with Crippen molar-refractivity contribution in [1.29, 1.82) is 0 Å². The lowest BCUT2D eigenvalue weighted by Gasteiger charge is -2.07. The second-order valence-electron chi connectivity index (χ2n) is 7.42. The highest BCUT2D eigenvalue weighted by Gasteiger charge is 2.24. The van der Waals surface area contributed by atoms with E-state index in [0.29, 0.717) is 28.5 Å². The number of carbonyl (C=O) groups excluding carboxylic acids is 1. The van der Waals surface area contributed by atoms with Crippen LogP contribution in [0.4, 0.5) is 0 Å². The molecule has 7 nitrogen and oxygen atoms in total. The summed E-state index contributed by atoms with van der Waals surface area (Å²) >= 11 is 11.3. The first kappa shape index (κ1) is 20.8. The predicted octanol–water partition coefficient (Wildman–Crippen LogP) is 4.04. The fourth-order valence-corrected chi connectivity index (χ4v) is 4.40. The first-order valence-electron chi connectivity index (χ1n) is 10.4. The molecule has 0 spiro atoms. The van der Waals surface area contributed by atoms with Gasteiger partial charge in [-0.05, 0) is 69.1 Å². The maximum absolute atomic E-state index is 13.0. The first-order chi connectivity index (χ1) is 14.6. The van der Waals surface area contributed by atoms with E-state index in [0.717, 1.165) is 61.4 Å². The van der Waals surface area contributed by atoms with E-state index in [-0.39, 0.29) is 5.91 Å². The van der Waals surface area contributed by atoms with Gasteiger partial charge >= 0.3 is 0 Å². The Morgan fingerprint density at radius 1 is 1.23 bits per heavy atom. The van der Waals surface area contributed by atoms with Gasteiger partial charge in [0, 0.05) is 35.8 Å². The van der Waals surface area contributed by atoms with Crippen LogP contribution in [0.25, 0.3) is 5.69 Å². The monoisotopic (exact) mass is 444 g/mol. The summed E-state index contributed by atoms with van der Waals surface area (Å²) in [6.45, 7) is 3.24. The number of rotatable bonds is 6. The maximum atomic E-state index is 13.0. The third-order valence-electron chi connectivity index (χ3n) is 5.50. The molecule has 0 unspecified atom stereocenters. The molecule has 2 aromatic heterocycles. The number of aromatic nitrogens is 5. The Kier molecular flexibility index (Phi) is 6.34. The van der Waals surface area contributed by atoms with Crippen molar-refractivity contribution < 1.29 is 4.79 Å². The van der Waals surface area contributed by atoms with Crippen molar-refractivity contribution in [1.82, 2.24) is 29.9 Å². The average molecular weight is 445 g/mol. The van der Waals surface area contributed by atoms with Crippen LogP contribution in [0.2, 0.25) is 5.02 Å². The number of H-pyrrole nitrogens is 1. The van der Waals surface area contributed by atoms with Crippen LogP contribution in [0.1, 0.15) is 53.8 Å². The van der Waals surface area contributed by atoms with E-state index >= 15 is 0 Å². The fraction of sp³-hybridized carbons (Fsp3) is 0.429. The minimum atomic E-state index is -0.141. The molecule has 30 heavy (non-hydrogen) atoms. The molecule has 0 atom stereocenters. The van der Waals surface area contributed by atoms with Gasteiger partial charge in [-0.1, -0.05) is 18.0 Å². The lowest BCUT2D eigenvalue weighted by molar-refractivity contribution is 0.0947. The molecule has 2 heterocycles. The normalized spacial score (nSPS) is 13.7. The largest absolute Gasteiger partial charge is 0.350 e. The lowest BCUT2D eigenvalue weighted by atomic mass is 10.1. The molecule has 0 radical (unpaired) electrons. The highest BCUT2D eigenvalue weighted by molar-refractivity contribution is 7.71. The van der Waals surface area contributed by atoms with Crippen molar-refractivity contribution in [3.05, 3.63) is 56.8 Å². The molecule has 1 aliphatic rings. The molecule has 0 aliphatic heterocycles. The Bertz CT molecular complexity index is 1100. The summed E-state index contributed by atoms with van der Waals surface area (Å²) in [4.78, 5) is 13.0. The van der Waals surface area contributed by atoms with Gasteiger partial charge in [0.25, 0.3) is 5.91 Å². The smallest absolute Gasteiger partial charge is 0.272 e. The zero-order chi connectivity index (χ0) is 21.1. The van der Waals surface area contributed by atoms with Crippen molar-refractivity contribution in [2.45, 2.75) is 52.0 Å². The van der Waals surface area contributed by atoms with Crippen LogP contribution in [0.5, 0.6) is 0 Å². The molecule has 0 bridgehead atoms. The summed E-state index contributed by atoms with van der Waals surface area (Å²) in [7, 11) is 0. The van der Waals surface area contributed by atoms with Crippen LogP contribution in [-0.4, -0.2) is 37.0 Å². The van der Waals surface area contributed by atoms with Crippen LogP contribution in [0.3, 0.4) is 0 Å². The van der Waals surface area contributed by atoms with Crippen molar-refractivity contribution in [2.75, 3.05) is 6.54 Å². The molecule has 1 aromatic carbocycles.